The maximum atomic E-state index is 13.1. The highest BCUT2D eigenvalue weighted by Crippen LogP contribution is 2.36. The Labute approximate surface area is 135 Å². The molecule has 0 aliphatic carbocycles. The average Bonchev–Trinajstić information content (AvgIpc) is 2.78. The molecule has 0 saturated heterocycles. The molecule has 0 saturated carbocycles. The minimum Gasteiger partial charge on any atom is -0.476 e. The van der Waals surface area contributed by atoms with E-state index >= 15 is 0 Å². The van der Waals surface area contributed by atoms with Crippen LogP contribution in [0.25, 0.3) is 0 Å². The summed E-state index contributed by atoms with van der Waals surface area (Å²) in [5, 5.41) is 12.1. The van der Waals surface area contributed by atoms with Crippen LogP contribution in [0.2, 0.25) is 5.02 Å². The van der Waals surface area contributed by atoms with Gasteiger partial charge in [-0.2, -0.15) is 0 Å². The second-order valence-electron chi connectivity index (χ2n) is 3.93. The Morgan fingerprint density at radius 3 is 2.62 bits per heavy atom. The number of anilines is 2. The second kappa shape index (κ2) is 6.08. The lowest BCUT2D eigenvalue weighted by atomic mass is 10.3. The number of carbonyl (C=O) groups excluding carboxylic acids is 1. The van der Waals surface area contributed by atoms with Gasteiger partial charge in [0, 0.05) is 11.4 Å². The molecule has 0 spiro atoms. The van der Waals surface area contributed by atoms with Gasteiger partial charge >= 0.3 is 5.97 Å². The van der Waals surface area contributed by atoms with E-state index in [1.165, 1.54) is 13.0 Å². The Morgan fingerprint density at radius 2 is 2.14 bits per heavy atom. The molecular formula is C12H7BrClFN2O3S. The summed E-state index contributed by atoms with van der Waals surface area (Å²) in [5.74, 6) is -2.22. The third kappa shape index (κ3) is 3.39. The summed E-state index contributed by atoms with van der Waals surface area (Å²) in [4.78, 5) is 26.3. The quantitative estimate of drug-likeness (QED) is 0.755. The first-order valence-corrected chi connectivity index (χ1v) is 7.45. The third-order valence-corrected chi connectivity index (χ3v) is 4.38. The number of hydrogen-bond acceptors (Lipinski definition) is 5. The van der Waals surface area contributed by atoms with Crippen molar-refractivity contribution in [1.82, 2.24) is 4.98 Å². The van der Waals surface area contributed by atoms with Crippen molar-refractivity contribution in [3.8, 4) is 0 Å². The van der Waals surface area contributed by atoms with Gasteiger partial charge in [0.05, 0.1) is 10.7 Å². The van der Waals surface area contributed by atoms with Crippen LogP contribution in [0.5, 0.6) is 0 Å². The van der Waals surface area contributed by atoms with Crippen molar-refractivity contribution >= 4 is 61.4 Å². The zero-order valence-electron chi connectivity index (χ0n) is 10.4. The highest BCUT2D eigenvalue weighted by Gasteiger charge is 2.21. The molecule has 0 aliphatic rings. The Balaban J connectivity index is 2.43. The van der Waals surface area contributed by atoms with Crippen molar-refractivity contribution in [2.75, 3.05) is 5.32 Å². The van der Waals surface area contributed by atoms with Gasteiger partial charge in [0.15, 0.2) is 16.6 Å². The predicted octanol–water partition coefficient (Wildman–Crippen LogP) is 4.34. The number of Topliss-reactive ketones (excluding diaryl/α,β-unsaturated/α-hetero) is 1. The first-order chi connectivity index (χ1) is 9.79. The van der Waals surface area contributed by atoms with Gasteiger partial charge in [0.2, 0.25) is 0 Å². The van der Waals surface area contributed by atoms with Gasteiger partial charge in [-0.05, 0) is 28.1 Å². The van der Waals surface area contributed by atoms with Gasteiger partial charge in [-0.1, -0.05) is 22.9 Å². The molecule has 0 bridgehead atoms. The maximum Gasteiger partial charge on any atom is 0.356 e. The van der Waals surface area contributed by atoms with Gasteiger partial charge in [0.1, 0.15) is 10.7 Å². The number of carboxylic acid groups (broad SMARTS) is 1. The Hall–Kier alpha value is -1.51. The van der Waals surface area contributed by atoms with E-state index in [-0.39, 0.29) is 20.7 Å². The van der Waals surface area contributed by atoms with E-state index in [4.69, 9.17) is 16.7 Å². The third-order valence-electron chi connectivity index (χ3n) is 2.39. The number of rotatable bonds is 4. The smallest absolute Gasteiger partial charge is 0.356 e. The van der Waals surface area contributed by atoms with Gasteiger partial charge < -0.3 is 10.4 Å². The van der Waals surface area contributed by atoms with E-state index < -0.39 is 17.6 Å². The first-order valence-electron chi connectivity index (χ1n) is 5.46. The van der Waals surface area contributed by atoms with Crippen molar-refractivity contribution in [2.45, 2.75) is 6.92 Å². The molecular weight excluding hydrogens is 387 g/mol. The average molecular weight is 394 g/mol. The first kappa shape index (κ1) is 15.9. The fraction of sp³-hybridized carbons (Fsp3) is 0.0833. The highest BCUT2D eigenvalue weighted by atomic mass is 79.9. The fourth-order valence-corrected chi connectivity index (χ4v) is 3.28. The van der Waals surface area contributed by atoms with Crippen LogP contribution >= 0.6 is 38.9 Å². The molecule has 21 heavy (non-hydrogen) atoms. The van der Waals surface area contributed by atoms with E-state index in [1.54, 1.807) is 0 Å². The number of nitrogens with one attached hydrogen (secondary N) is 1. The highest BCUT2D eigenvalue weighted by molar-refractivity contribution is 9.10. The van der Waals surface area contributed by atoms with Gasteiger partial charge in [-0.3, -0.25) is 4.79 Å². The maximum absolute atomic E-state index is 13.1. The molecule has 2 aromatic rings. The van der Waals surface area contributed by atoms with Crippen LogP contribution in [-0.4, -0.2) is 21.8 Å². The zero-order chi connectivity index (χ0) is 15.7. The Bertz CT molecular complexity index is 696. The largest absolute Gasteiger partial charge is 0.476 e. The Kier molecular flexibility index (Phi) is 4.60. The summed E-state index contributed by atoms with van der Waals surface area (Å²) >= 11 is 9.95. The monoisotopic (exact) mass is 392 g/mol. The van der Waals surface area contributed by atoms with Crippen molar-refractivity contribution in [3.05, 3.63) is 38.0 Å². The molecule has 1 heterocycles. The number of carbonyl (C=O) groups is 2. The van der Waals surface area contributed by atoms with Crippen molar-refractivity contribution in [3.63, 3.8) is 0 Å². The van der Waals surface area contributed by atoms with Crippen LogP contribution in [0.3, 0.4) is 0 Å². The molecule has 0 aliphatic heterocycles. The van der Waals surface area contributed by atoms with E-state index in [9.17, 15) is 14.0 Å². The normalized spacial score (nSPS) is 10.5. The van der Waals surface area contributed by atoms with Crippen LogP contribution in [0.1, 0.15) is 27.1 Å². The molecule has 0 radical (unpaired) electrons. The summed E-state index contributed by atoms with van der Waals surface area (Å²) in [5.41, 5.74) is 0.00298. The lowest BCUT2D eigenvalue weighted by Gasteiger charge is -2.07. The summed E-state index contributed by atoms with van der Waals surface area (Å²) in [6, 6.07) is 2.30. The van der Waals surface area contributed by atoms with Crippen molar-refractivity contribution in [2.24, 2.45) is 0 Å². The number of ketones is 1. The number of aromatic nitrogens is 1. The zero-order valence-corrected chi connectivity index (χ0v) is 13.6. The minimum atomic E-state index is -1.30. The summed E-state index contributed by atoms with van der Waals surface area (Å²) in [6.45, 7) is 1.25. The van der Waals surface area contributed by atoms with Crippen molar-refractivity contribution in [1.29, 1.82) is 0 Å². The second-order valence-corrected chi connectivity index (χ2v) is 6.19. The number of benzene rings is 1. The van der Waals surface area contributed by atoms with Crippen LogP contribution < -0.4 is 5.32 Å². The van der Waals surface area contributed by atoms with Crippen LogP contribution in [-0.2, 0) is 0 Å². The van der Waals surface area contributed by atoms with Gasteiger partial charge in [-0.15, -0.1) is 0 Å². The number of thiazole rings is 1. The predicted molar refractivity (Wildman–Crippen MR) is 81.5 cm³/mol. The molecule has 110 valence electrons. The molecule has 0 atom stereocenters. The summed E-state index contributed by atoms with van der Waals surface area (Å²) in [7, 11) is 0. The van der Waals surface area contributed by atoms with Crippen LogP contribution in [0.15, 0.2) is 16.6 Å². The molecule has 0 unspecified atom stereocenters. The topological polar surface area (TPSA) is 79.3 Å². The lowest BCUT2D eigenvalue weighted by Crippen LogP contribution is -2.03. The molecule has 9 heteroatoms. The van der Waals surface area contributed by atoms with E-state index in [2.05, 4.69) is 26.2 Å². The molecule has 2 rings (SSSR count). The standard InChI is InChI=1S/C12H7BrClFN2O3S/c1-4(18)10-9(11(19)20)17-12(21-10)16-8-6(13)2-5(15)3-7(8)14/h2-3H,1H3,(H,16,17)(H,19,20). The van der Waals surface area contributed by atoms with E-state index in [0.717, 1.165) is 17.4 Å². The number of hydrogen-bond donors (Lipinski definition) is 2. The lowest BCUT2D eigenvalue weighted by molar-refractivity contribution is 0.0687. The van der Waals surface area contributed by atoms with E-state index in [1.807, 2.05) is 0 Å². The SMILES string of the molecule is CC(=O)c1sc(Nc2c(Cl)cc(F)cc2Br)nc1C(=O)O. The van der Waals surface area contributed by atoms with Crippen LogP contribution in [0, 0.1) is 5.82 Å². The molecule has 1 aromatic carbocycles. The molecule has 5 nitrogen and oxygen atoms in total. The number of carboxylic acids is 1. The Morgan fingerprint density at radius 1 is 1.48 bits per heavy atom. The number of aromatic carboxylic acids is 1. The van der Waals surface area contributed by atoms with Crippen LogP contribution in [0.4, 0.5) is 15.2 Å². The molecule has 2 N–H and O–H groups in total. The molecule has 1 aromatic heterocycles. The number of halogens is 3. The van der Waals surface area contributed by atoms with Gasteiger partial charge in [-0.25, -0.2) is 14.2 Å². The fourth-order valence-electron chi connectivity index (χ4n) is 1.53. The van der Waals surface area contributed by atoms with Crippen molar-refractivity contribution < 1.29 is 19.1 Å². The summed E-state index contributed by atoms with van der Waals surface area (Å²) < 4.78 is 13.5. The molecule has 0 amide bonds. The van der Waals surface area contributed by atoms with Gasteiger partial charge in [0.25, 0.3) is 0 Å². The minimum absolute atomic E-state index is 0.0272. The number of nitrogens with zero attached hydrogens (tertiary/aromatic N) is 1. The summed E-state index contributed by atoms with van der Waals surface area (Å²) in [6.07, 6.45) is 0. The van der Waals surface area contributed by atoms with E-state index in [0.29, 0.717) is 10.2 Å². The molecule has 0 fully saturated rings.